The number of hydrogen-bond donors (Lipinski definition) is 2. The number of carbonyl (C=O) groups is 1. The van der Waals surface area contributed by atoms with Gasteiger partial charge in [-0.1, -0.05) is 12.5 Å². The molecular formula is C30H36F2N8O2. The minimum absolute atomic E-state index is 0.103. The number of carbonyl (C=O) groups excluding carboxylic acids is 1. The number of ether oxygens (including phenoxy) is 1. The molecule has 2 N–H and O–H groups in total. The Morgan fingerprint density at radius 2 is 1.95 bits per heavy atom. The number of cyclic esters (lactones) is 1. The number of anilines is 3. The van der Waals surface area contributed by atoms with Crippen molar-refractivity contribution >= 4 is 34.7 Å². The monoisotopic (exact) mass is 578 g/mol. The summed E-state index contributed by atoms with van der Waals surface area (Å²) in [5.74, 6) is 0.0695. The van der Waals surface area contributed by atoms with Crippen LogP contribution in [0.15, 0.2) is 52.7 Å². The first-order valence-corrected chi connectivity index (χ1v) is 14.0. The number of rotatable bonds is 9. The average Bonchev–Trinajstić information content (AvgIpc) is 3.30. The van der Waals surface area contributed by atoms with Gasteiger partial charge in [0, 0.05) is 55.3 Å². The number of aryl methyl sites for hydroxylation is 2. The number of nitrogens with zero attached hydrogens (tertiary/aromatic N) is 6. The minimum Gasteiger partial charge on any atom is -0.447 e. The van der Waals surface area contributed by atoms with Crippen molar-refractivity contribution in [3.8, 4) is 0 Å². The van der Waals surface area contributed by atoms with Gasteiger partial charge in [-0.15, -0.1) is 0 Å². The number of amides is 1. The van der Waals surface area contributed by atoms with E-state index in [-0.39, 0.29) is 30.4 Å². The summed E-state index contributed by atoms with van der Waals surface area (Å²) in [4.78, 5) is 24.1. The molecule has 1 aliphatic carbocycles. The molecule has 222 valence electrons. The van der Waals surface area contributed by atoms with Crippen LogP contribution in [0, 0.1) is 24.5 Å². The molecule has 5 rings (SSSR count). The second-order valence-corrected chi connectivity index (χ2v) is 10.8. The van der Waals surface area contributed by atoms with E-state index in [1.165, 1.54) is 9.80 Å². The fraction of sp³-hybridized carbons (Fsp3) is 0.400. The topological polar surface area (TPSA) is 104 Å². The Labute approximate surface area is 243 Å². The first-order valence-electron chi connectivity index (χ1n) is 14.0. The lowest BCUT2D eigenvalue weighted by Gasteiger charge is -2.23. The number of aromatic amines is 1. The summed E-state index contributed by atoms with van der Waals surface area (Å²) in [6.45, 7) is 8.20. The molecular weight excluding hydrogens is 542 g/mol. The fourth-order valence-electron chi connectivity index (χ4n) is 5.01. The molecule has 2 fully saturated rings. The quantitative estimate of drug-likeness (QED) is 0.179. The Balaban J connectivity index is 1.61. The normalized spacial score (nSPS) is 16.8. The van der Waals surface area contributed by atoms with Crippen LogP contribution >= 0.6 is 0 Å². The lowest BCUT2D eigenvalue weighted by atomic mass is 9.93. The summed E-state index contributed by atoms with van der Waals surface area (Å²) in [6.07, 6.45) is 5.91. The second kappa shape index (κ2) is 11.8. The molecule has 0 radical (unpaired) electrons. The van der Waals surface area contributed by atoms with Crippen molar-refractivity contribution in [2.24, 2.45) is 18.0 Å². The van der Waals surface area contributed by atoms with Crippen LogP contribution in [0.5, 0.6) is 0 Å². The number of nitrogens with one attached hydrogen (secondary N) is 2. The van der Waals surface area contributed by atoms with Crippen LogP contribution in [0.2, 0.25) is 0 Å². The molecule has 0 bridgehead atoms. The maximum atomic E-state index is 15.4. The van der Waals surface area contributed by atoms with Crippen molar-refractivity contribution < 1.29 is 18.3 Å². The van der Waals surface area contributed by atoms with Crippen LogP contribution < -0.4 is 15.1 Å². The maximum Gasteiger partial charge on any atom is 0.414 e. The number of aliphatic imine (C=N–C) groups is 1. The highest BCUT2D eigenvalue weighted by Crippen LogP contribution is 2.46. The third-order valence-corrected chi connectivity index (χ3v) is 7.55. The molecule has 2 aliphatic rings. The molecule has 42 heavy (non-hydrogen) atoms. The van der Waals surface area contributed by atoms with E-state index >= 15 is 8.78 Å². The molecule has 2 aromatic heterocycles. The zero-order chi connectivity index (χ0) is 30.1. The predicted octanol–water partition coefficient (Wildman–Crippen LogP) is 6.16. The Bertz CT molecular complexity index is 1570. The van der Waals surface area contributed by atoms with Crippen molar-refractivity contribution in [1.29, 1.82) is 0 Å². The van der Waals surface area contributed by atoms with Gasteiger partial charge in [-0.2, -0.15) is 5.10 Å². The zero-order valence-corrected chi connectivity index (χ0v) is 24.8. The van der Waals surface area contributed by atoms with E-state index in [9.17, 15) is 4.79 Å². The van der Waals surface area contributed by atoms with Crippen LogP contribution in [0.25, 0.3) is 5.57 Å². The Hall–Kier alpha value is -4.48. The molecule has 10 nitrogen and oxygen atoms in total. The van der Waals surface area contributed by atoms with Crippen LogP contribution in [0.3, 0.4) is 0 Å². The predicted molar refractivity (Wildman–Crippen MR) is 159 cm³/mol. The van der Waals surface area contributed by atoms with Crippen LogP contribution in [-0.2, 0) is 11.8 Å². The van der Waals surface area contributed by atoms with Crippen molar-refractivity contribution in [2.75, 3.05) is 35.3 Å². The highest BCUT2D eigenvalue weighted by Gasteiger charge is 2.34. The van der Waals surface area contributed by atoms with Gasteiger partial charge in [0.2, 0.25) is 0 Å². The Kier molecular flexibility index (Phi) is 8.15. The molecule has 3 heterocycles. The van der Waals surface area contributed by atoms with Crippen molar-refractivity contribution in [2.45, 2.75) is 47.0 Å². The van der Waals surface area contributed by atoms with Crippen molar-refractivity contribution in [1.82, 2.24) is 19.7 Å². The molecule has 1 saturated carbocycles. The summed E-state index contributed by atoms with van der Waals surface area (Å²) in [5.41, 5.74) is 4.69. The number of allylic oxidation sites excluding steroid dienone is 3. The minimum atomic E-state index is -0.818. The molecule has 1 amide bonds. The van der Waals surface area contributed by atoms with Crippen molar-refractivity contribution in [3.05, 3.63) is 70.7 Å². The highest BCUT2D eigenvalue weighted by atomic mass is 19.1. The van der Waals surface area contributed by atoms with E-state index in [0.29, 0.717) is 17.5 Å². The number of amidine groups is 1. The maximum absolute atomic E-state index is 15.4. The van der Waals surface area contributed by atoms with E-state index < -0.39 is 17.7 Å². The first-order chi connectivity index (χ1) is 20.1. The number of halogens is 2. The van der Waals surface area contributed by atoms with Gasteiger partial charge in [-0.05, 0) is 46.0 Å². The number of H-pyrrole nitrogens is 1. The molecule has 1 aliphatic heterocycles. The summed E-state index contributed by atoms with van der Waals surface area (Å²) in [7, 11) is 3.49. The van der Waals surface area contributed by atoms with E-state index in [1.54, 1.807) is 20.3 Å². The zero-order valence-electron chi connectivity index (χ0n) is 24.8. The summed E-state index contributed by atoms with van der Waals surface area (Å²) in [6, 6.07) is 4.15. The van der Waals surface area contributed by atoms with E-state index in [1.807, 2.05) is 30.8 Å². The standard InChI is InChI=1S/C30H36F2N8O2/c1-7-17(2)26(24-15-38(5)16-33-24)27(20-8-9-20)29(35-25-12-18(3)36-37-25)34-19(4)39(6)28-22(31)13-21(14-23(28)32)40-10-11-42-30(40)41/h12-16,20H,7-11H2,1-6H3,(H2,35,36,37)/b26-17+,29-27+,34-19+. The molecule has 0 unspecified atom stereocenters. The molecule has 1 saturated heterocycles. The van der Waals surface area contributed by atoms with E-state index in [4.69, 9.17) is 9.73 Å². The average molecular weight is 579 g/mol. The third-order valence-electron chi connectivity index (χ3n) is 7.55. The molecule has 1 aromatic carbocycles. The first kappa shape index (κ1) is 29.0. The van der Waals surface area contributed by atoms with Gasteiger partial charge in [0.1, 0.15) is 24.0 Å². The molecule has 12 heteroatoms. The molecule has 0 spiro atoms. The largest absolute Gasteiger partial charge is 0.447 e. The van der Waals surface area contributed by atoms with Gasteiger partial charge in [0.25, 0.3) is 0 Å². The molecule has 0 atom stereocenters. The van der Waals surface area contributed by atoms with Gasteiger partial charge >= 0.3 is 6.09 Å². The van der Waals surface area contributed by atoms with E-state index in [2.05, 4.69) is 34.3 Å². The summed E-state index contributed by atoms with van der Waals surface area (Å²) < 4.78 is 37.7. The number of imidazole rings is 1. The molecule has 3 aromatic rings. The van der Waals surface area contributed by atoms with Crippen LogP contribution in [0.1, 0.15) is 51.4 Å². The highest BCUT2D eigenvalue weighted by molar-refractivity contribution is 5.98. The Morgan fingerprint density at radius 1 is 1.24 bits per heavy atom. The van der Waals surface area contributed by atoms with Crippen molar-refractivity contribution in [3.63, 3.8) is 0 Å². The summed E-state index contributed by atoms with van der Waals surface area (Å²) in [5, 5.41) is 10.7. The smallest absolute Gasteiger partial charge is 0.414 e. The van der Waals surface area contributed by atoms with Crippen LogP contribution in [0.4, 0.5) is 30.8 Å². The van der Waals surface area contributed by atoms with Gasteiger partial charge in [0.15, 0.2) is 17.5 Å². The fourth-order valence-corrected chi connectivity index (χ4v) is 5.01. The lowest BCUT2D eigenvalue weighted by molar-refractivity contribution is 0.181. The third kappa shape index (κ3) is 5.93. The van der Waals surface area contributed by atoms with E-state index in [0.717, 1.165) is 59.5 Å². The number of benzene rings is 1. The SMILES string of the molecule is CC/C(C)=C(/C(=C(\N=C(/C)N(C)c1c(F)cc(N2CCOC2=O)cc1F)Nc1cc(C)[nH]n1)C1CC1)c1cn(C)cn1. The second-order valence-electron chi connectivity index (χ2n) is 10.8. The van der Waals surface area contributed by atoms with Gasteiger partial charge in [-0.25, -0.2) is 23.6 Å². The number of hydrogen-bond acceptors (Lipinski definition) is 6. The summed E-state index contributed by atoms with van der Waals surface area (Å²) >= 11 is 0. The van der Waals surface area contributed by atoms with Gasteiger partial charge < -0.3 is 19.5 Å². The van der Waals surface area contributed by atoms with Gasteiger partial charge in [-0.3, -0.25) is 10.00 Å². The van der Waals surface area contributed by atoms with Gasteiger partial charge in [0.05, 0.1) is 24.3 Å². The Morgan fingerprint density at radius 3 is 2.48 bits per heavy atom. The van der Waals surface area contributed by atoms with Crippen LogP contribution in [-0.4, -0.2) is 51.9 Å². The number of aromatic nitrogens is 4. The lowest BCUT2D eigenvalue weighted by Crippen LogP contribution is -2.28.